The quantitative estimate of drug-likeness (QED) is 0.0835. The lowest BCUT2D eigenvalue weighted by molar-refractivity contribution is -0.135. The maximum absolute atomic E-state index is 11.9. The van der Waals surface area contributed by atoms with Gasteiger partial charge in [0.1, 0.15) is 6.61 Å². The fraction of sp³-hybridized carbons (Fsp3) is 0.714. The Morgan fingerprint density at radius 2 is 1.74 bits per heavy atom. The molecule has 0 bridgehead atoms. The van der Waals surface area contributed by atoms with Crippen LogP contribution in [-0.4, -0.2) is 41.0 Å². The third-order valence-electron chi connectivity index (χ3n) is 5.44. The summed E-state index contributed by atoms with van der Waals surface area (Å²) < 4.78 is 12.0. The third-order valence-corrected chi connectivity index (χ3v) is 7.29. The smallest absolute Gasteiger partial charge is 0.292 e. The molecule has 1 atom stereocenters. The lowest BCUT2D eigenvalue weighted by Crippen LogP contribution is -2.31. The SMILES string of the molecule is CCCCC[C@@H](/C=C/C1=C(C/C=C\CCCC(=O)O[Si](C)(C)C)C(=N/OCC)/CC1)O[Si](C)(C)C. The van der Waals surface area contributed by atoms with Crippen molar-refractivity contribution in [1.29, 1.82) is 0 Å². The van der Waals surface area contributed by atoms with E-state index in [1.807, 2.05) is 26.6 Å². The number of nitrogens with zero attached hydrogens (tertiary/aromatic N) is 1. The monoisotopic (exact) mass is 521 g/mol. The van der Waals surface area contributed by atoms with Crippen molar-refractivity contribution in [2.45, 2.75) is 123 Å². The molecule has 0 N–H and O–H groups in total. The number of carbonyl (C=O) groups excluding carboxylic acids is 1. The van der Waals surface area contributed by atoms with E-state index < -0.39 is 16.6 Å². The van der Waals surface area contributed by atoms with Gasteiger partial charge in [0.25, 0.3) is 5.97 Å². The highest BCUT2D eigenvalue weighted by Gasteiger charge is 2.22. The van der Waals surface area contributed by atoms with Crippen molar-refractivity contribution in [2.24, 2.45) is 5.16 Å². The molecular weight excluding hydrogens is 470 g/mol. The molecule has 0 aliphatic heterocycles. The lowest BCUT2D eigenvalue weighted by Gasteiger charge is -2.24. The molecule has 0 spiro atoms. The zero-order valence-electron chi connectivity index (χ0n) is 23.7. The summed E-state index contributed by atoms with van der Waals surface area (Å²) in [5.74, 6) is -0.0661. The van der Waals surface area contributed by atoms with E-state index in [1.54, 1.807) is 0 Å². The van der Waals surface area contributed by atoms with Crippen LogP contribution in [0.1, 0.15) is 78.1 Å². The van der Waals surface area contributed by atoms with Crippen molar-refractivity contribution in [3.8, 4) is 0 Å². The van der Waals surface area contributed by atoms with Gasteiger partial charge in [0.15, 0.2) is 8.32 Å². The molecule has 0 fully saturated rings. The molecule has 1 aliphatic rings. The molecule has 5 nitrogen and oxygen atoms in total. The van der Waals surface area contributed by atoms with Crippen molar-refractivity contribution in [2.75, 3.05) is 6.61 Å². The van der Waals surface area contributed by atoms with Crippen LogP contribution in [0.15, 0.2) is 40.6 Å². The van der Waals surface area contributed by atoms with Crippen LogP contribution in [0, 0.1) is 0 Å². The molecule has 0 radical (unpaired) electrons. The van der Waals surface area contributed by atoms with E-state index >= 15 is 0 Å². The van der Waals surface area contributed by atoms with Crippen LogP contribution < -0.4 is 0 Å². The predicted octanol–water partition coefficient (Wildman–Crippen LogP) is 8.32. The number of oxime groups is 1. The Hall–Kier alpha value is -1.45. The van der Waals surface area contributed by atoms with Crippen LogP contribution in [0.25, 0.3) is 0 Å². The summed E-state index contributed by atoms with van der Waals surface area (Å²) in [6, 6.07) is 0. The highest BCUT2D eigenvalue weighted by atomic mass is 28.4. The normalized spacial score (nSPS) is 17.2. The van der Waals surface area contributed by atoms with Crippen LogP contribution in [0.2, 0.25) is 39.3 Å². The van der Waals surface area contributed by atoms with Gasteiger partial charge in [-0.1, -0.05) is 55.6 Å². The Balaban J connectivity index is 2.83. The van der Waals surface area contributed by atoms with E-state index in [4.69, 9.17) is 13.7 Å². The summed E-state index contributed by atoms with van der Waals surface area (Å²) >= 11 is 0. The maximum Gasteiger partial charge on any atom is 0.292 e. The number of rotatable bonds is 17. The van der Waals surface area contributed by atoms with Crippen molar-refractivity contribution in [1.82, 2.24) is 0 Å². The van der Waals surface area contributed by atoms with E-state index in [0.717, 1.165) is 44.2 Å². The summed E-state index contributed by atoms with van der Waals surface area (Å²) in [6.07, 6.45) is 18.8. The second kappa shape index (κ2) is 16.3. The molecule has 0 unspecified atom stereocenters. The average Bonchev–Trinajstić information content (AvgIpc) is 3.12. The Morgan fingerprint density at radius 1 is 1.00 bits per heavy atom. The zero-order chi connectivity index (χ0) is 26.3. The van der Waals surface area contributed by atoms with Crippen molar-refractivity contribution in [3.05, 3.63) is 35.5 Å². The molecule has 1 rings (SSSR count). The van der Waals surface area contributed by atoms with E-state index in [9.17, 15) is 4.79 Å². The molecule has 0 aromatic carbocycles. The molecule has 0 aromatic heterocycles. The number of unbranched alkanes of at least 4 members (excludes halogenated alkanes) is 3. The van der Waals surface area contributed by atoms with E-state index in [0.29, 0.717) is 13.0 Å². The van der Waals surface area contributed by atoms with Gasteiger partial charge in [-0.05, 0) is 95.9 Å². The van der Waals surface area contributed by atoms with Gasteiger partial charge < -0.3 is 13.7 Å². The topological polar surface area (TPSA) is 57.1 Å². The third kappa shape index (κ3) is 15.3. The Kier molecular flexibility index (Phi) is 14.7. The number of carbonyl (C=O) groups is 1. The highest BCUT2D eigenvalue weighted by Crippen LogP contribution is 2.29. The summed E-state index contributed by atoms with van der Waals surface area (Å²) in [4.78, 5) is 17.3. The molecule has 0 amide bonds. The average molecular weight is 522 g/mol. The summed E-state index contributed by atoms with van der Waals surface area (Å²) in [6.45, 7) is 17.7. The van der Waals surface area contributed by atoms with Crippen LogP contribution in [0.4, 0.5) is 0 Å². The molecule has 200 valence electrons. The molecule has 35 heavy (non-hydrogen) atoms. The summed E-state index contributed by atoms with van der Waals surface area (Å²) in [7, 11) is -3.41. The number of hydrogen-bond acceptors (Lipinski definition) is 5. The predicted molar refractivity (Wildman–Crippen MR) is 154 cm³/mol. The van der Waals surface area contributed by atoms with Crippen LogP contribution in [0.3, 0.4) is 0 Å². The minimum Gasteiger partial charge on any atom is -0.520 e. The largest absolute Gasteiger partial charge is 0.520 e. The summed E-state index contributed by atoms with van der Waals surface area (Å²) in [5.41, 5.74) is 3.67. The first-order valence-electron chi connectivity index (χ1n) is 13.6. The van der Waals surface area contributed by atoms with Crippen LogP contribution in [-0.2, 0) is 18.5 Å². The molecule has 7 heteroatoms. The Morgan fingerprint density at radius 3 is 2.37 bits per heavy atom. The molecular formula is C28H51NO4Si2. The minimum absolute atomic E-state index is 0.0661. The first kappa shape index (κ1) is 31.6. The maximum atomic E-state index is 11.9. The highest BCUT2D eigenvalue weighted by molar-refractivity contribution is 6.71. The molecule has 0 aromatic rings. The Bertz CT molecular complexity index is 758. The first-order valence-corrected chi connectivity index (χ1v) is 20.4. The minimum atomic E-state index is -1.79. The van der Waals surface area contributed by atoms with E-state index in [1.165, 1.54) is 30.4 Å². The fourth-order valence-electron chi connectivity index (χ4n) is 3.96. The van der Waals surface area contributed by atoms with Gasteiger partial charge in [-0.25, -0.2) is 0 Å². The van der Waals surface area contributed by atoms with Crippen LogP contribution >= 0.6 is 0 Å². The van der Waals surface area contributed by atoms with Gasteiger partial charge in [-0.2, -0.15) is 0 Å². The molecule has 0 saturated carbocycles. The fourth-order valence-corrected chi connectivity index (χ4v) is 5.85. The lowest BCUT2D eigenvalue weighted by atomic mass is 10.0. The van der Waals surface area contributed by atoms with Gasteiger partial charge in [0.05, 0.1) is 11.8 Å². The van der Waals surface area contributed by atoms with Crippen molar-refractivity contribution >= 4 is 28.3 Å². The molecule has 0 saturated heterocycles. The van der Waals surface area contributed by atoms with Crippen LogP contribution in [0.5, 0.6) is 0 Å². The zero-order valence-corrected chi connectivity index (χ0v) is 25.7. The number of hydrogen-bond donors (Lipinski definition) is 0. The van der Waals surface area contributed by atoms with Gasteiger partial charge in [0, 0.05) is 6.42 Å². The Labute approximate surface area is 217 Å². The van der Waals surface area contributed by atoms with Gasteiger partial charge >= 0.3 is 0 Å². The second-order valence-electron chi connectivity index (χ2n) is 11.2. The summed E-state index contributed by atoms with van der Waals surface area (Å²) in [5, 5.41) is 4.40. The first-order chi connectivity index (χ1) is 16.4. The standard InChI is InChI=1S/C28H51NO4Si2/c1-9-11-14-17-25(32-34(3,4)5)22-20-24-21-23-27(29-31-10-2)26(24)18-15-12-13-16-19-28(30)33-35(6,7)8/h12,15,20,22,25H,9-11,13-14,16-19,21,23H2,1-8H3/b15-12-,22-20+,29-27+/t25-/m0/s1. The van der Waals surface area contributed by atoms with E-state index in [-0.39, 0.29) is 12.1 Å². The van der Waals surface area contributed by atoms with Crippen molar-refractivity contribution < 1.29 is 18.5 Å². The second-order valence-corrected chi connectivity index (χ2v) is 20.1. The van der Waals surface area contributed by atoms with Gasteiger partial charge in [-0.3, -0.25) is 4.79 Å². The number of allylic oxidation sites excluding steroid dienone is 5. The van der Waals surface area contributed by atoms with E-state index in [2.05, 4.69) is 56.0 Å². The van der Waals surface area contributed by atoms with Gasteiger partial charge in [-0.15, -0.1) is 0 Å². The van der Waals surface area contributed by atoms with Gasteiger partial charge in [0.2, 0.25) is 8.32 Å². The molecule has 1 aliphatic carbocycles. The van der Waals surface area contributed by atoms with Crippen molar-refractivity contribution in [3.63, 3.8) is 0 Å². The molecule has 0 heterocycles.